The maximum Gasteiger partial charge on any atom is 0.453 e. The lowest BCUT2D eigenvalue weighted by molar-refractivity contribution is 0.263. The predicted molar refractivity (Wildman–Crippen MR) is 96.1 cm³/mol. The van der Waals surface area contributed by atoms with Crippen LogP contribution in [0.4, 0.5) is 5.69 Å². The molecule has 0 amide bonds. The standard InChI is InChI=1S/C17H19N2O5P/c1-22-17-15-12-8-7-11-14(15)16(20)18(17)19(25(21,23-2)24-3)13-9-5-4-6-10-13/h4-12,20H,1-3H3. The lowest BCUT2D eigenvalue weighted by Gasteiger charge is -2.31. The van der Waals surface area contributed by atoms with Gasteiger partial charge in [-0.2, -0.15) is 9.46 Å². The number of aromatic nitrogens is 1. The van der Waals surface area contributed by atoms with Crippen LogP contribution in [0.1, 0.15) is 0 Å². The number of para-hydroxylation sites is 1. The molecule has 0 radical (unpaired) electrons. The van der Waals surface area contributed by atoms with Gasteiger partial charge in [-0.15, -0.1) is 0 Å². The highest BCUT2D eigenvalue weighted by Gasteiger charge is 2.37. The van der Waals surface area contributed by atoms with Gasteiger partial charge in [-0.05, 0) is 24.3 Å². The van der Waals surface area contributed by atoms with Gasteiger partial charge in [0.25, 0.3) is 0 Å². The Hall–Kier alpha value is -2.47. The molecular weight excluding hydrogens is 343 g/mol. The van der Waals surface area contributed by atoms with Crippen LogP contribution in [0.25, 0.3) is 10.8 Å². The first-order valence-corrected chi connectivity index (χ1v) is 9.00. The Bertz CT molecular complexity index is 917. The average Bonchev–Trinajstić information content (AvgIpc) is 2.95. The van der Waals surface area contributed by atoms with E-state index in [1.165, 1.54) is 30.8 Å². The van der Waals surface area contributed by atoms with E-state index in [9.17, 15) is 9.67 Å². The summed E-state index contributed by atoms with van der Waals surface area (Å²) >= 11 is 0. The fourth-order valence-electron chi connectivity index (χ4n) is 2.72. The van der Waals surface area contributed by atoms with Gasteiger partial charge < -0.3 is 9.84 Å². The maximum atomic E-state index is 13.2. The normalized spacial score (nSPS) is 11.6. The molecule has 1 N–H and O–H groups in total. The van der Waals surface area contributed by atoms with Crippen LogP contribution in [0.5, 0.6) is 11.8 Å². The van der Waals surface area contributed by atoms with E-state index in [1.807, 2.05) is 12.1 Å². The Balaban J connectivity index is 2.37. The van der Waals surface area contributed by atoms with E-state index in [4.69, 9.17) is 13.8 Å². The summed E-state index contributed by atoms with van der Waals surface area (Å²) in [5, 5.41) is 12.0. The molecule has 1 heterocycles. The van der Waals surface area contributed by atoms with E-state index in [0.29, 0.717) is 22.3 Å². The summed E-state index contributed by atoms with van der Waals surface area (Å²) in [5.74, 6) is 0.178. The topological polar surface area (TPSA) is 73.2 Å². The second-order valence-electron chi connectivity index (χ2n) is 5.15. The Labute approximate surface area is 145 Å². The number of anilines is 1. The third-order valence-electron chi connectivity index (χ3n) is 3.85. The molecule has 0 saturated heterocycles. The van der Waals surface area contributed by atoms with E-state index < -0.39 is 7.75 Å². The van der Waals surface area contributed by atoms with Crippen molar-refractivity contribution >= 4 is 24.2 Å². The molecule has 0 atom stereocenters. The summed E-state index contributed by atoms with van der Waals surface area (Å²) in [6.45, 7) is 0. The number of methoxy groups -OCH3 is 1. The Morgan fingerprint density at radius 2 is 1.48 bits per heavy atom. The van der Waals surface area contributed by atoms with Gasteiger partial charge in [0.05, 0.1) is 12.8 Å². The van der Waals surface area contributed by atoms with Crippen molar-refractivity contribution in [1.82, 2.24) is 4.68 Å². The fourth-order valence-corrected chi connectivity index (χ4v) is 3.98. The molecule has 0 bridgehead atoms. The monoisotopic (exact) mass is 362 g/mol. The number of fused-ring (bicyclic) bond motifs is 1. The van der Waals surface area contributed by atoms with Gasteiger partial charge in [-0.3, -0.25) is 9.05 Å². The quantitative estimate of drug-likeness (QED) is 0.668. The SMILES string of the molecule is COc1c2ccccc2c(O)n1N(c1ccccc1)P(=O)(OC)OC. The number of benzene rings is 2. The highest BCUT2D eigenvalue weighted by Crippen LogP contribution is 2.56. The first-order chi connectivity index (χ1) is 12.1. The van der Waals surface area contributed by atoms with Crippen LogP contribution in [-0.2, 0) is 13.6 Å². The fraction of sp³-hybridized carbons (Fsp3) is 0.176. The molecule has 1 aromatic heterocycles. The van der Waals surface area contributed by atoms with Gasteiger partial charge in [0.1, 0.15) is 0 Å². The zero-order chi connectivity index (χ0) is 18.0. The summed E-state index contributed by atoms with van der Waals surface area (Å²) < 4.78 is 31.7. The second-order valence-corrected chi connectivity index (χ2v) is 7.20. The van der Waals surface area contributed by atoms with Crippen LogP contribution in [0.2, 0.25) is 0 Å². The summed E-state index contributed by atoms with van der Waals surface area (Å²) in [6, 6.07) is 16.0. The number of ether oxygens (including phenoxy) is 1. The third-order valence-corrected chi connectivity index (χ3v) is 5.65. The van der Waals surface area contributed by atoms with E-state index >= 15 is 0 Å². The Kier molecular flexibility index (Phi) is 4.72. The number of rotatable bonds is 6. The Morgan fingerprint density at radius 3 is 2.04 bits per heavy atom. The largest absolute Gasteiger partial charge is 0.493 e. The lowest BCUT2D eigenvalue weighted by Crippen LogP contribution is -2.28. The van der Waals surface area contributed by atoms with Gasteiger partial charge in [0.15, 0.2) is 0 Å². The molecular formula is C17H19N2O5P. The molecule has 3 aromatic rings. The van der Waals surface area contributed by atoms with Gasteiger partial charge in [-0.1, -0.05) is 30.3 Å². The van der Waals surface area contributed by atoms with E-state index in [1.54, 1.807) is 42.5 Å². The smallest absolute Gasteiger partial charge is 0.453 e. The zero-order valence-electron chi connectivity index (χ0n) is 14.1. The minimum Gasteiger partial charge on any atom is -0.493 e. The predicted octanol–water partition coefficient (Wildman–Crippen LogP) is 4.03. The summed E-state index contributed by atoms with van der Waals surface area (Å²) in [5.41, 5.74) is 0.503. The molecule has 2 aromatic carbocycles. The van der Waals surface area contributed by atoms with E-state index in [0.717, 1.165) is 0 Å². The molecule has 25 heavy (non-hydrogen) atoms. The van der Waals surface area contributed by atoms with Crippen LogP contribution in [-0.4, -0.2) is 31.1 Å². The minimum absolute atomic E-state index is 0.134. The average molecular weight is 362 g/mol. The summed E-state index contributed by atoms with van der Waals surface area (Å²) in [6.07, 6.45) is 0. The molecule has 3 rings (SSSR count). The van der Waals surface area contributed by atoms with Crippen LogP contribution < -0.4 is 9.52 Å². The van der Waals surface area contributed by atoms with Crippen molar-refractivity contribution in [1.29, 1.82) is 0 Å². The molecule has 0 fully saturated rings. The van der Waals surface area contributed by atoms with Crippen molar-refractivity contribution in [3.8, 4) is 11.8 Å². The maximum absolute atomic E-state index is 13.2. The highest BCUT2D eigenvalue weighted by atomic mass is 31.2. The molecule has 0 aliphatic carbocycles. The van der Waals surface area contributed by atoms with Crippen molar-refractivity contribution in [2.75, 3.05) is 26.1 Å². The lowest BCUT2D eigenvalue weighted by atomic mass is 10.2. The third kappa shape index (κ3) is 2.76. The van der Waals surface area contributed by atoms with Crippen molar-refractivity contribution in [2.24, 2.45) is 0 Å². The van der Waals surface area contributed by atoms with Crippen LogP contribution in [0.15, 0.2) is 54.6 Å². The first kappa shape index (κ1) is 17.4. The van der Waals surface area contributed by atoms with Crippen molar-refractivity contribution in [2.45, 2.75) is 0 Å². The second kappa shape index (κ2) is 6.80. The minimum atomic E-state index is -3.80. The molecule has 8 heteroatoms. The molecule has 0 saturated carbocycles. The van der Waals surface area contributed by atoms with Gasteiger partial charge in [-0.25, -0.2) is 4.57 Å². The van der Waals surface area contributed by atoms with Crippen molar-refractivity contribution in [3.05, 3.63) is 54.6 Å². The molecule has 0 aliphatic heterocycles. The van der Waals surface area contributed by atoms with Gasteiger partial charge >= 0.3 is 7.75 Å². The van der Waals surface area contributed by atoms with Crippen molar-refractivity contribution < 1.29 is 23.5 Å². The Morgan fingerprint density at radius 1 is 0.920 bits per heavy atom. The number of hydrogen-bond donors (Lipinski definition) is 1. The molecule has 7 nitrogen and oxygen atoms in total. The molecule has 0 aliphatic rings. The highest BCUT2D eigenvalue weighted by molar-refractivity contribution is 7.55. The number of nitrogens with zero attached hydrogens (tertiary/aromatic N) is 2. The van der Waals surface area contributed by atoms with Crippen LogP contribution in [0, 0.1) is 0 Å². The molecule has 0 unspecified atom stereocenters. The van der Waals surface area contributed by atoms with E-state index in [2.05, 4.69) is 0 Å². The van der Waals surface area contributed by atoms with Crippen LogP contribution >= 0.6 is 7.75 Å². The molecule has 132 valence electrons. The number of aromatic hydroxyl groups is 1. The zero-order valence-corrected chi connectivity index (χ0v) is 15.0. The number of hydrogen-bond acceptors (Lipinski definition) is 5. The van der Waals surface area contributed by atoms with Gasteiger partial charge in [0.2, 0.25) is 11.8 Å². The first-order valence-electron chi connectivity index (χ1n) is 7.51. The molecule has 0 spiro atoms. The summed E-state index contributed by atoms with van der Waals surface area (Å²) in [7, 11) is 0.246. The van der Waals surface area contributed by atoms with Crippen molar-refractivity contribution in [3.63, 3.8) is 0 Å². The van der Waals surface area contributed by atoms with E-state index in [-0.39, 0.29) is 5.88 Å². The summed E-state index contributed by atoms with van der Waals surface area (Å²) in [4.78, 5) is 0. The van der Waals surface area contributed by atoms with Crippen LogP contribution in [0.3, 0.4) is 0 Å². The van der Waals surface area contributed by atoms with Gasteiger partial charge in [0, 0.05) is 25.0 Å².